The molecule has 9 heteroatoms. The summed E-state index contributed by atoms with van der Waals surface area (Å²) in [6.45, 7) is 5.77. The molecule has 2 rings (SSSR count). The number of nitriles is 1. The molecule has 0 bridgehead atoms. The van der Waals surface area contributed by atoms with Crippen molar-refractivity contribution in [3.63, 3.8) is 0 Å². The lowest BCUT2D eigenvalue weighted by molar-refractivity contribution is 0.102. The average Bonchev–Trinajstić information content (AvgIpc) is 2.79. The van der Waals surface area contributed by atoms with E-state index in [9.17, 15) is 13.6 Å². The number of pyridine rings is 1. The standard InChI is InChI=1S/C18H18FN5O2.C2H6.CH3F/c1-11-7-14(8-13(16(11)19)5-6-26-18(21)22-2)24-17(25)15-4-3-12(9-20)10-23-15;2*1-2/h3-4,7-8,10H,5-6H2,1-2H3,(H2,21,22)(H,24,25);1-2H3;1H3. The molecule has 0 fully saturated rings. The van der Waals surface area contributed by atoms with E-state index in [2.05, 4.69) is 15.3 Å². The van der Waals surface area contributed by atoms with Crippen LogP contribution in [0.5, 0.6) is 0 Å². The number of aryl methyl sites for hydroxylation is 1. The van der Waals surface area contributed by atoms with Crippen molar-refractivity contribution in [3.05, 3.63) is 58.7 Å². The molecular weight excluding hydrogens is 392 g/mol. The maximum atomic E-state index is 14.3. The number of nitrogens with one attached hydrogen (secondary N) is 1. The van der Waals surface area contributed by atoms with E-state index >= 15 is 0 Å². The van der Waals surface area contributed by atoms with Gasteiger partial charge in [0.05, 0.1) is 19.3 Å². The summed E-state index contributed by atoms with van der Waals surface area (Å²) in [6.07, 6.45) is 1.58. The molecule has 0 aliphatic carbocycles. The van der Waals surface area contributed by atoms with E-state index in [1.807, 2.05) is 19.9 Å². The number of anilines is 1. The predicted octanol–water partition coefficient (Wildman–Crippen LogP) is 3.77. The first-order valence-corrected chi connectivity index (χ1v) is 9.14. The first-order valence-electron chi connectivity index (χ1n) is 9.14. The Morgan fingerprint density at radius 1 is 1.33 bits per heavy atom. The molecule has 2 aromatic rings. The molecule has 0 aliphatic rings. The molecule has 1 amide bonds. The van der Waals surface area contributed by atoms with E-state index in [1.54, 1.807) is 6.92 Å². The Bertz CT molecular complexity index is 878. The number of hydrogen-bond donors (Lipinski definition) is 2. The number of nitrogens with two attached hydrogens (primary N) is 1. The smallest absolute Gasteiger partial charge is 0.281 e. The minimum absolute atomic E-state index is 0.0264. The third-order valence-electron chi connectivity index (χ3n) is 3.55. The molecule has 3 N–H and O–H groups in total. The quantitative estimate of drug-likeness (QED) is 0.566. The van der Waals surface area contributed by atoms with E-state index in [1.165, 1.54) is 37.5 Å². The molecule has 0 atom stereocenters. The molecule has 162 valence electrons. The third kappa shape index (κ3) is 8.22. The molecule has 1 aromatic carbocycles. The first-order chi connectivity index (χ1) is 14.4. The summed E-state index contributed by atoms with van der Waals surface area (Å²) in [5, 5.41) is 11.4. The van der Waals surface area contributed by atoms with Crippen LogP contribution >= 0.6 is 0 Å². The molecule has 7 nitrogen and oxygen atoms in total. The minimum atomic E-state index is -0.454. The summed E-state index contributed by atoms with van der Waals surface area (Å²) < 4.78 is 28.9. The van der Waals surface area contributed by atoms with E-state index in [0.29, 0.717) is 29.6 Å². The Labute approximate surface area is 175 Å². The number of halogens is 2. The lowest BCUT2D eigenvalue weighted by Gasteiger charge is -2.11. The zero-order chi connectivity index (χ0) is 23.1. The lowest BCUT2D eigenvalue weighted by atomic mass is 10.1. The summed E-state index contributed by atoms with van der Waals surface area (Å²) >= 11 is 0. The summed E-state index contributed by atoms with van der Waals surface area (Å²) in [5.74, 6) is -0.819. The molecule has 0 radical (unpaired) electrons. The lowest BCUT2D eigenvalue weighted by Crippen LogP contribution is -2.18. The zero-order valence-corrected chi connectivity index (χ0v) is 17.8. The Morgan fingerprint density at radius 3 is 2.53 bits per heavy atom. The summed E-state index contributed by atoms with van der Waals surface area (Å²) in [6, 6.07) is 7.97. The Hall–Kier alpha value is -3.54. The van der Waals surface area contributed by atoms with Gasteiger partial charge in [0, 0.05) is 25.4 Å². The van der Waals surface area contributed by atoms with Crippen molar-refractivity contribution in [2.45, 2.75) is 27.2 Å². The number of amides is 1. The highest BCUT2D eigenvalue weighted by Crippen LogP contribution is 2.20. The van der Waals surface area contributed by atoms with E-state index in [0.717, 1.165) is 0 Å². The highest BCUT2D eigenvalue weighted by Gasteiger charge is 2.12. The van der Waals surface area contributed by atoms with Crippen molar-refractivity contribution in [1.29, 1.82) is 5.26 Å². The molecule has 30 heavy (non-hydrogen) atoms. The van der Waals surface area contributed by atoms with Crippen molar-refractivity contribution >= 4 is 17.6 Å². The summed E-state index contributed by atoms with van der Waals surface area (Å²) in [4.78, 5) is 19.8. The van der Waals surface area contributed by atoms with Gasteiger partial charge in [0.2, 0.25) is 0 Å². The van der Waals surface area contributed by atoms with Crippen LogP contribution in [-0.2, 0) is 11.2 Å². The number of hydrogen-bond acceptors (Lipinski definition) is 5. The van der Waals surface area contributed by atoms with Gasteiger partial charge in [0.1, 0.15) is 17.6 Å². The molecule has 0 saturated heterocycles. The van der Waals surface area contributed by atoms with Crippen molar-refractivity contribution in [1.82, 2.24) is 4.98 Å². The van der Waals surface area contributed by atoms with Gasteiger partial charge in [-0.2, -0.15) is 5.26 Å². The van der Waals surface area contributed by atoms with Gasteiger partial charge in [-0.1, -0.05) is 13.8 Å². The van der Waals surface area contributed by atoms with Crippen molar-refractivity contribution in [2.24, 2.45) is 10.7 Å². The van der Waals surface area contributed by atoms with Gasteiger partial charge >= 0.3 is 0 Å². The topological polar surface area (TPSA) is 113 Å². The van der Waals surface area contributed by atoms with E-state index in [4.69, 9.17) is 15.7 Å². The van der Waals surface area contributed by atoms with Gasteiger partial charge in [-0.15, -0.1) is 0 Å². The Kier molecular flexibility index (Phi) is 12.8. The molecule has 1 aromatic heterocycles. The van der Waals surface area contributed by atoms with Crippen LogP contribution in [-0.4, -0.2) is 37.7 Å². The summed E-state index contributed by atoms with van der Waals surface area (Å²) in [5.41, 5.74) is 7.16. The van der Waals surface area contributed by atoms with Crippen molar-refractivity contribution < 1.29 is 18.3 Å². The van der Waals surface area contributed by atoms with Gasteiger partial charge in [-0.25, -0.2) is 14.4 Å². The minimum Gasteiger partial charge on any atom is -0.465 e. The number of benzene rings is 1. The van der Waals surface area contributed by atoms with Gasteiger partial charge in [-0.3, -0.25) is 9.18 Å². The number of aromatic nitrogens is 1. The van der Waals surface area contributed by atoms with Gasteiger partial charge in [0.15, 0.2) is 0 Å². The maximum Gasteiger partial charge on any atom is 0.281 e. The van der Waals surface area contributed by atoms with E-state index < -0.39 is 5.91 Å². The number of ether oxygens (including phenoxy) is 1. The SMILES string of the molecule is CC.CF.CN=C(N)OCCc1cc(NC(=O)c2ccc(C#N)cn2)cc(C)c1F. The van der Waals surface area contributed by atoms with Crippen LogP contribution in [0.4, 0.5) is 14.5 Å². The van der Waals surface area contributed by atoms with Crippen molar-refractivity contribution in [2.75, 3.05) is 26.1 Å². The van der Waals surface area contributed by atoms with Crippen molar-refractivity contribution in [3.8, 4) is 6.07 Å². The number of nitrogens with zero attached hydrogens (tertiary/aromatic N) is 3. The number of aliphatic imine (C=N–C) groups is 1. The number of rotatable bonds is 5. The Morgan fingerprint density at radius 2 is 2.00 bits per heavy atom. The largest absolute Gasteiger partial charge is 0.465 e. The van der Waals surface area contributed by atoms with Crippen LogP contribution < -0.4 is 11.1 Å². The molecule has 0 saturated carbocycles. The van der Waals surface area contributed by atoms with Crippen LogP contribution in [0.1, 0.15) is 41.0 Å². The first kappa shape index (κ1) is 26.5. The monoisotopic (exact) mass is 419 g/mol. The van der Waals surface area contributed by atoms with Crippen LogP contribution in [0.2, 0.25) is 0 Å². The summed E-state index contributed by atoms with van der Waals surface area (Å²) in [7, 11) is 1.99. The van der Waals surface area contributed by atoms with Crippen LogP contribution in [0.3, 0.4) is 0 Å². The molecule has 0 aliphatic heterocycles. The second-order valence-electron chi connectivity index (χ2n) is 5.42. The van der Waals surface area contributed by atoms with Crippen LogP contribution in [0.25, 0.3) is 0 Å². The molecular formula is C21H27F2N5O2. The second-order valence-corrected chi connectivity index (χ2v) is 5.42. The Balaban J connectivity index is 0.00000198. The number of alkyl halides is 1. The molecule has 1 heterocycles. The van der Waals surface area contributed by atoms with Gasteiger partial charge < -0.3 is 15.8 Å². The third-order valence-corrected chi connectivity index (χ3v) is 3.55. The fourth-order valence-electron chi connectivity index (χ4n) is 2.22. The van der Waals surface area contributed by atoms with E-state index in [-0.39, 0.29) is 30.6 Å². The fourth-order valence-corrected chi connectivity index (χ4v) is 2.22. The van der Waals surface area contributed by atoms with Gasteiger partial charge in [-0.05, 0) is 42.3 Å². The molecule has 0 spiro atoms. The number of carbonyl (C=O) groups excluding carboxylic acids is 1. The van der Waals surface area contributed by atoms with Gasteiger partial charge in [0.25, 0.3) is 11.9 Å². The highest BCUT2D eigenvalue weighted by molar-refractivity contribution is 6.02. The fraction of sp³-hybridized carbons (Fsp3) is 0.333. The van der Waals surface area contributed by atoms with Crippen LogP contribution in [0, 0.1) is 24.1 Å². The second kappa shape index (κ2) is 14.5. The average molecular weight is 419 g/mol. The van der Waals surface area contributed by atoms with Crippen LogP contribution in [0.15, 0.2) is 35.5 Å². The molecule has 0 unspecified atom stereocenters. The number of amidine groups is 1. The maximum absolute atomic E-state index is 14.3. The normalized spacial score (nSPS) is 9.87. The zero-order valence-electron chi connectivity index (χ0n) is 17.8. The number of carbonyl (C=O) groups is 1. The highest BCUT2D eigenvalue weighted by atomic mass is 19.1. The predicted molar refractivity (Wildman–Crippen MR) is 114 cm³/mol.